The summed E-state index contributed by atoms with van der Waals surface area (Å²) in [7, 11) is 0. The summed E-state index contributed by atoms with van der Waals surface area (Å²) in [4.78, 5) is 21.8. The first-order valence-electron chi connectivity index (χ1n) is 6.92. The van der Waals surface area contributed by atoms with E-state index in [4.69, 9.17) is 10.2 Å². The second-order valence-corrected chi connectivity index (χ2v) is 5.17. The van der Waals surface area contributed by atoms with Crippen molar-refractivity contribution in [1.29, 1.82) is 0 Å². The predicted octanol–water partition coefficient (Wildman–Crippen LogP) is 3.69. The SMILES string of the molecule is CCCCCCCCCCC(C)(C(=O)O)C(=O)O. The van der Waals surface area contributed by atoms with Crippen molar-refractivity contribution in [3.8, 4) is 0 Å². The molecule has 18 heavy (non-hydrogen) atoms. The molecule has 4 heteroatoms. The van der Waals surface area contributed by atoms with E-state index in [-0.39, 0.29) is 6.42 Å². The number of carbonyl (C=O) groups is 2. The number of hydrogen-bond donors (Lipinski definition) is 2. The van der Waals surface area contributed by atoms with Gasteiger partial charge in [0.05, 0.1) is 0 Å². The molecule has 106 valence electrons. The minimum Gasteiger partial charge on any atom is -0.480 e. The molecule has 0 aromatic heterocycles. The molecular formula is C14H26O4. The number of unbranched alkanes of at least 4 members (excludes halogenated alkanes) is 7. The Morgan fingerprint density at radius 3 is 1.61 bits per heavy atom. The normalized spacial score (nSPS) is 11.4. The van der Waals surface area contributed by atoms with Crippen LogP contribution in [0.2, 0.25) is 0 Å². The third-order valence-corrected chi connectivity index (χ3v) is 3.47. The average Bonchev–Trinajstić information content (AvgIpc) is 2.31. The monoisotopic (exact) mass is 258 g/mol. The van der Waals surface area contributed by atoms with Crippen molar-refractivity contribution in [2.45, 2.75) is 71.6 Å². The fourth-order valence-corrected chi connectivity index (χ4v) is 1.92. The van der Waals surface area contributed by atoms with Crippen LogP contribution < -0.4 is 0 Å². The minimum atomic E-state index is -1.62. The van der Waals surface area contributed by atoms with E-state index in [1.165, 1.54) is 32.6 Å². The molecule has 0 saturated carbocycles. The first-order chi connectivity index (χ1) is 8.45. The standard InChI is InChI=1S/C14H26O4/c1-3-4-5-6-7-8-9-10-11-14(2,12(15)16)13(17)18/h3-11H2,1-2H3,(H,15,16)(H,17,18). The smallest absolute Gasteiger partial charge is 0.320 e. The Morgan fingerprint density at radius 1 is 0.833 bits per heavy atom. The van der Waals surface area contributed by atoms with Crippen molar-refractivity contribution < 1.29 is 19.8 Å². The molecule has 0 spiro atoms. The zero-order chi connectivity index (χ0) is 14.0. The molecule has 0 aliphatic heterocycles. The molecule has 0 aliphatic carbocycles. The van der Waals surface area contributed by atoms with Gasteiger partial charge in [-0.15, -0.1) is 0 Å². The van der Waals surface area contributed by atoms with Crippen LogP contribution in [0.4, 0.5) is 0 Å². The van der Waals surface area contributed by atoms with E-state index in [2.05, 4.69) is 6.92 Å². The molecule has 0 saturated heterocycles. The molecule has 0 aromatic rings. The molecule has 0 rings (SSSR count). The summed E-state index contributed by atoms with van der Waals surface area (Å²) in [5.41, 5.74) is -1.62. The van der Waals surface area contributed by atoms with Gasteiger partial charge in [0.25, 0.3) is 0 Å². The summed E-state index contributed by atoms with van der Waals surface area (Å²) in [5.74, 6) is -2.48. The maximum atomic E-state index is 10.9. The van der Waals surface area contributed by atoms with E-state index in [1.807, 2.05) is 0 Å². The van der Waals surface area contributed by atoms with Gasteiger partial charge >= 0.3 is 11.9 Å². The van der Waals surface area contributed by atoms with E-state index in [0.29, 0.717) is 6.42 Å². The summed E-state index contributed by atoms with van der Waals surface area (Å²) < 4.78 is 0. The van der Waals surface area contributed by atoms with Gasteiger partial charge in [-0.3, -0.25) is 9.59 Å². The third-order valence-electron chi connectivity index (χ3n) is 3.47. The van der Waals surface area contributed by atoms with Crippen LogP contribution in [0, 0.1) is 5.41 Å². The molecule has 0 aliphatic rings. The predicted molar refractivity (Wildman–Crippen MR) is 70.6 cm³/mol. The van der Waals surface area contributed by atoms with Crippen LogP contribution in [0.25, 0.3) is 0 Å². The van der Waals surface area contributed by atoms with Crippen molar-refractivity contribution in [1.82, 2.24) is 0 Å². The van der Waals surface area contributed by atoms with Crippen molar-refractivity contribution in [3.05, 3.63) is 0 Å². The van der Waals surface area contributed by atoms with Gasteiger partial charge in [0.1, 0.15) is 0 Å². The van der Waals surface area contributed by atoms with Gasteiger partial charge < -0.3 is 10.2 Å². The quantitative estimate of drug-likeness (QED) is 0.438. The van der Waals surface area contributed by atoms with Gasteiger partial charge in [-0.2, -0.15) is 0 Å². The van der Waals surface area contributed by atoms with E-state index in [1.54, 1.807) is 0 Å². The Hall–Kier alpha value is -1.06. The van der Waals surface area contributed by atoms with Crippen molar-refractivity contribution >= 4 is 11.9 Å². The molecule has 0 amide bonds. The second-order valence-electron chi connectivity index (χ2n) is 5.17. The average molecular weight is 258 g/mol. The van der Waals surface area contributed by atoms with Gasteiger partial charge in [0.2, 0.25) is 0 Å². The zero-order valence-electron chi connectivity index (χ0n) is 11.6. The van der Waals surface area contributed by atoms with E-state index in [0.717, 1.165) is 19.3 Å². The lowest BCUT2D eigenvalue weighted by Crippen LogP contribution is -2.36. The Balaban J connectivity index is 3.70. The maximum Gasteiger partial charge on any atom is 0.320 e. The summed E-state index contributed by atoms with van der Waals surface area (Å²) in [5, 5.41) is 17.8. The summed E-state index contributed by atoms with van der Waals surface area (Å²) in [6, 6.07) is 0. The molecular weight excluding hydrogens is 232 g/mol. The van der Waals surface area contributed by atoms with Gasteiger partial charge in [-0.1, -0.05) is 58.3 Å². The van der Waals surface area contributed by atoms with Crippen LogP contribution in [-0.2, 0) is 9.59 Å². The number of carboxylic acid groups (broad SMARTS) is 2. The number of rotatable bonds is 11. The fraction of sp³-hybridized carbons (Fsp3) is 0.857. The molecule has 0 fully saturated rings. The highest BCUT2D eigenvalue weighted by Gasteiger charge is 2.40. The second kappa shape index (κ2) is 8.95. The van der Waals surface area contributed by atoms with Gasteiger partial charge in [0.15, 0.2) is 5.41 Å². The molecule has 0 radical (unpaired) electrons. The molecule has 0 atom stereocenters. The summed E-state index contributed by atoms with van der Waals surface area (Å²) in [6.07, 6.45) is 9.03. The third kappa shape index (κ3) is 6.03. The Bertz CT molecular complexity index is 247. The van der Waals surface area contributed by atoms with Crippen molar-refractivity contribution in [2.24, 2.45) is 5.41 Å². The number of aliphatic carboxylic acids is 2. The lowest BCUT2D eigenvalue weighted by molar-refractivity contribution is -0.163. The van der Waals surface area contributed by atoms with Crippen LogP contribution in [0.1, 0.15) is 71.6 Å². The van der Waals surface area contributed by atoms with Crippen LogP contribution >= 0.6 is 0 Å². The molecule has 0 heterocycles. The minimum absolute atomic E-state index is 0.215. The summed E-state index contributed by atoms with van der Waals surface area (Å²) in [6.45, 7) is 3.47. The number of hydrogen-bond acceptors (Lipinski definition) is 2. The lowest BCUT2D eigenvalue weighted by Gasteiger charge is -2.19. The Morgan fingerprint density at radius 2 is 1.22 bits per heavy atom. The van der Waals surface area contributed by atoms with Gasteiger partial charge in [0, 0.05) is 0 Å². The van der Waals surface area contributed by atoms with Crippen LogP contribution in [0.15, 0.2) is 0 Å². The van der Waals surface area contributed by atoms with Crippen molar-refractivity contribution in [3.63, 3.8) is 0 Å². The van der Waals surface area contributed by atoms with Crippen LogP contribution in [0.3, 0.4) is 0 Å². The topological polar surface area (TPSA) is 74.6 Å². The lowest BCUT2D eigenvalue weighted by atomic mass is 9.85. The van der Waals surface area contributed by atoms with Gasteiger partial charge in [-0.05, 0) is 13.3 Å². The molecule has 0 unspecified atom stereocenters. The Labute approximate surface area is 109 Å². The number of carboxylic acids is 2. The summed E-state index contributed by atoms with van der Waals surface area (Å²) >= 11 is 0. The maximum absolute atomic E-state index is 10.9. The van der Waals surface area contributed by atoms with Crippen molar-refractivity contribution in [2.75, 3.05) is 0 Å². The first-order valence-corrected chi connectivity index (χ1v) is 6.92. The Kier molecular flexibility index (Phi) is 8.42. The highest BCUT2D eigenvalue weighted by atomic mass is 16.4. The van der Waals surface area contributed by atoms with Crippen LogP contribution in [0.5, 0.6) is 0 Å². The van der Waals surface area contributed by atoms with Gasteiger partial charge in [-0.25, -0.2) is 0 Å². The fourth-order valence-electron chi connectivity index (χ4n) is 1.92. The molecule has 2 N–H and O–H groups in total. The molecule has 4 nitrogen and oxygen atoms in total. The van der Waals surface area contributed by atoms with E-state index >= 15 is 0 Å². The zero-order valence-corrected chi connectivity index (χ0v) is 11.6. The van der Waals surface area contributed by atoms with E-state index in [9.17, 15) is 9.59 Å². The first kappa shape index (κ1) is 16.9. The highest BCUT2D eigenvalue weighted by molar-refractivity contribution is 5.97. The largest absolute Gasteiger partial charge is 0.480 e. The molecule has 0 bridgehead atoms. The molecule has 0 aromatic carbocycles. The van der Waals surface area contributed by atoms with E-state index < -0.39 is 17.4 Å². The van der Waals surface area contributed by atoms with Crippen LogP contribution in [-0.4, -0.2) is 22.2 Å². The highest BCUT2D eigenvalue weighted by Crippen LogP contribution is 2.25.